The Balaban J connectivity index is 1.59. The second-order valence-electron chi connectivity index (χ2n) is 7.82. The van der Waals surface area contributed by atoms with Crippen LogP contribution in [0, 0.1) is 23.0 Å². The van der Waals surface area contributed by atoms with E-state index in [0.29, 0.717) is 10.9 Å². The van der Waals surface area contributed by atoms with Crippen molar-refractivity contribution in [2.24, 2.45) is 0 Å². The molecule has 31 heavy (non-hydrogen) atoms. The first kappa shape index (κ1) is 20.8. The summed E-state index contributed by atoms with van der Waals surface area (Å²) in [7, 11) is 0. The van der Waals surface area contributed by atoms with Gasteiger partial charge in [0.1, 0.15) is 17.7 Å². The lowest BCUT2D eigenvalue weighted by Gasteiger charge is -2.09. The average Bonchev–Trinajstić information content (AvgIpc) is 2.80. The van der Waals surface area contributed by atoms with Gasteiger partial charge < -0.3 is 0 Å². The number of rotatable bonds is 6. The highest BCUT2D eigenvalue weighted by atomic mass is 19.1. The highest BCUT2D eigenvalue weighted by molar-refractivity contribution is 5.89. The number of aryl methyl sites for hydroxylation is 1. The monoisotopic (exact) mass is 411 g/mol. The predicted octanol–water partition coefficient (Wildman–Crippen LogP) is 8.06. The molecular weight excluding hydrogens is 388 g/mol. The van der Waals surface area contributed by atoms with E-state index in [-0.39, 0.29) is 11.4 Å². The van der Waals surface area contributed by atoms with Crippen molar-refractivity contribution < 1.29 is 8.78 Å². The number of fused-ring (bicyclic) bond motifs is 1. The quantitative estimate of drug-likeness (QED) is 0.294. The van der Waals surface area contributed by atoms with Crippen molar-refractivity contribution in [2.45, 2.75) is 32.6 Å². The molecule has 0 heterocycles. The molecule has 4 aromatic carbocycles. The molecule has 0 aliphatic rings. The van der Waals surface area contributed by atoms with Crippen LogP contribution >= 0.6 is 0 Å². The molecule has 0 unspecified atom stereocenters. The molecule has 0 saturated heterocycles. The van der Waals surface area contributed by atoms with Gasteiger partial charge in [-0.3, -0.25) is 0 Å². The zero-order valence-corrected chi connectivity index (χ0v) is 17.5. The summed E-state index contributed by atoms with van der Waals surface area (Å²) in [4.78, 5) is 0. The fourth-order valence-corrected chi connectivity index (χ4v) is 3.93. The summed E-state index contributed by atoms with van der Waals surface area (Å²) in [5.74, 6) is -0.688. The average molecular weight is 411 g/mol. The Labute approximate surface area is 181 Å². The fraction of sp³-hybridized carbons (Fsp3) is 0.179. The van der Waals surface area contributed by atoms with E-state index in [0.717, 1.165) is 53.3 Å². The third kappa shape index (κ3) is 4.34. The van der Waals surface area contributed by atoms with Crippen molar-refractivity contribution in [1.82, 2.24) is 0 Å². The second kappa shape index (κ2) is 9.10. The van der Waals surface area contributed by atoms with Gasteiger partial charge in [0.05, 0.1) is 5.56 Å². The van der Waals surface area contributed by atoms with Gasteiger partial charge in [-0.05, 0) is 58.7 Å². The van der Waals surface area contributed by atoms with Crippen LogP contribution in [-0.2, 0) is 6.42 Å². The van der Waals surface area contributed by atoms with Gasteiger partial charge in [-0.15, -0.1) is 0 Å². The highest BCUT2D eigenvalue weighted by Crippen LogP contribution is 2.30. The van der Waals surface area contributed by atoms with Crippen LogP contribution < -0.4 is 0 Å². The summed E-state index contributed by atoms with van der Waals surface area (Å²) in [5, 5.41) is 10.2. The molecule has 4 aromatic rings. The Morgan fingerprint density at radius 1 is 0.774 bits per heavy atom. The largest absolute Gasteiger partial charge is 0.206 e. The third-order valence-corrected chi connectivity index (χ3v) is 5.71. The molecule has 0 amide bonds. The summed E-state index contributed by atoms with van der Waals surface area (Å²) >= 11 is 0. The van der Waals surface area contributed by atoms with Crippen molar-refractivity contribution in [3.05, 3.63) is 95.6 Å². The molecule has 0 spiro atoms. The molecule has 0 saturated carbocycles. The van der Waals surface area contributed by atoms with Gasteiger partial charge in [0, 0.05) is 10.9 Å². The van der Waals surface area contributed by atoms with Crippen molar-refractivity contribution in [2.75, 3.05) is 0 Å². The molecule has 0 radical (unpaired) electrons. The zero-order chi connectivity index (χ0) is 21.8. The predicted molar refractivity (Wildman–Crippen MR) is 123 cm³/mol. The van der Waals surface area contributed by atoms with Crippen LogP contribution in [0.4, 0.5) is 8.78 Å². The van der Waals surface area contributed by atoms with E-state index in [1.165, 1.54) is 6.07 Å². The minimum Gasteiger partial charge on any atom is -0.206 e. The fourth-order valence-electron chi connectivity index (χ4n) is 3.93. The Kier molecular flexibility index (Phi) is 6.09. The molecule has 4 rings (SSSR count). The number of hydrogen-bond donors (Lipinski definition) is 0. The van der Waals surface area contributed by atoms with Gasteiger partial charge in [0.15, 0.2) is 0 Å². The molecule has 0 aromatic heterocycles. The van der Waals surface area contributed by atoms with Gasteiger partial charge in [0.2, 0.25) is 0 Å². The molecule has 0 atom stereocenters. The van der Waals surface area contributed by atoms with Crippen LogP contribution in [0.1, 0.15) is 37.3 Å². The molecular formula is C28H23F2N. The molecule has 3 heteroatoms. The number of hydrogen-bond acceptors (Lipinski definition) is 1. The lowest BCUT2D eigenvalue weighted by Crippen LogP contribution is -1.91. The van der Waals surface area contributed by atoms with Crippen molar-refractivity contribution >= 4 is 10.8 Å². The van der Waals surface area contributed by atoms with Crippen LogP contribution in [0.5, 0.6) is 0 Å². The first-order valence-corrected chi connectivity index (χ1v) is 10.6. The Bertz CT molecular complexity index is 1270. The van der Waals surface area contributed by atoms with Crippen molar-refractivity contribution in [3.63, 3.8) is 0 Å². The van der Waals surface area contributed by atoms with E-state index < -0.39 is 5.82 Å². The molecule has 1 nitrogen and oxygen atoms in total. The van der Waals surface area contributed by atoms with Crippen LogP contribution in [0.2, 0.25) is 0 Å². The van der Waals surface area contributed by atoms with E-state index in [9.17, 15) is 8.78 Å². The van der Waals surface area contributed by atoms with E-state index >= 15 is 0 Å². The molecule has 0 aliphatic carbocycles. The Hall–Kier alpha value is -3.51. The van der Waals surface area contributed by atoms with Gasteiger partial charge in [-0.25, -0.2) is 8.78 Å². The van der Waals surface area contributed by atoms with Gasteiger partial charge in [-0.1, -0.05) is 74.4 Å². The topological polar surface area (TPSA) is 23.8 Å². The minimum atomic E-state index is -0.490. The van der Waals surface area contributed by atoms with E-state index in [4.69, 9.17) is 5.26 Å². The number of nitrogens with zero attached hydrogens (tertiary/aromatic N) is 1. The lowest BCUT2D eigenvalue weighted by atomic mass is 9.96. The Morgan fingerprint density at radius 3 is 2.23 bits per heavy atom. The highest BCUT2D eigenvalue weighted by Gasteiger charge is 2.10. The van der Waals surface area contributed by atoms with E-state index in [2.05, 4.69) is 6.92 Å². The van der Waals surface area contributed by atoms with Crippen LogP contribution in [0.15, 0.2) is 72.8 Å². The lowest BCUT2D eigenvalue weighted by molar-refractivity contribution is 0.626. The summed E-state index contributed by atoms with van der Waals surface area (Å²) in [6.07, 6.45) is 4.30. The minimum absolute atomic E-state index is 0.0445. The van der Waals surface area contributed by atoms with E-state index in [1.807, 2.05) is 54.6 Å². The van der Waals surface area contributed by atoms with Crippen LogP contribution in [0.25, 0.3) is 33.0 Å². The first-order valence-electron chi connectivity index (χ1n) is 10.6. The summed E-state index contributed by atoms with van der Waals surface area (Å²) < 4.78 is 29.0. The smallest absolute Gasteiger partial charge is 0.148 e. The molecule has 154 valence electrons. The molecule has 0 N–H and O–H groups in total. The van der Waals surface area contributed by atoms with Gasteiger partial charge in [0.25, 0.3) is 0 Å². The van der Waals surface area contributed by atoms with Crippen molar-refractivity contribution in [3.8, 4) is 28.3 Å². The zero-order valence-electron chi connectivity index (χ0n) is 17.5. The number of unbranched alkanes of at least 4 members (excludes halogenated alkanes) is 2. The SMILES string of the molecule is CCCCCc1ccc(-c2ccc(-c3ccc4c(F)c(C#N)ccc4c3)cc2)c(F)c1. The second-order valence-corrected chi connectivity index (χ2v) is 7.82. The number of benzene rings is 4. The summed E-state index contributed by atoms with van der Waals surface area (Å²) in [5.41, 5.74) is 4.40. The van der Waals surface area contributed by atoms with Crippen LogP contribution in [0.3, 0.4) is 0 Å². The maximum atomic E-state index is 14.7. The third-order valence-electron chi connectivity index (χ3n) is 5.71. The Morgan fingerprint density at radius 2 is 1.52 bits per heavy atom. The normalized spacial score (nSPS) is 10.9. The maximum Gasteiger partial charge on any atom is 0.148 e. The standard InChI is InChI=1S/C28H23F2N/c1-2-3-4-5-19-6-14-25(27(29)16-19)21-9-7-20(8-10-21)22-13-15-26-23(17-22)11-12-24(18-31)28(26)30/h6-17H,2-5H2,1H3. The first-order chi connectivity index (χ1) is 15.1. The van der Waals surface area contributed by atoms with E-state index in [1.54, 1.807) is 18.2 Å². The number of nitriles is 1. The van der Waals surface area contributed by atoms with Gasteiger partial charge in [-0.2, -0.15) is 5.26 Å². The van der Waals surface area contributed by atoms with Crippen LogP contribution in [-0.4, -0.2) is 0 Å². The molecule has 0 fully saturated rings. The molecule has 0 bridgehead atoms. The summed E-state index contributed by atoms with van der Waals surface area (Å²) in [6, 6.07) is 23.8. The number of halogens is 2. The maximum absolute atomic E-state index is 14.7. The summed E-state index contributed by atoms with van der Waals surface area (Å²) in [6.45, 7) is 2.16. The molecule has 0 aliphatic heterocycles. The van der Waals surface area contributed by atoms with Gasteiger partial charge >= 0.3 is 0 Å². The van der Waals surface area contributed by atoms with Crippen molar-refractivity contribution in [1.29, 1.82) is 5.26 Å².